The Bertz CT molecular complexity index is 899. The highest BCUT2D eigenvalue weighted by molar-refractivity contribution is 5.79. The maximum Gasteiger partial charge on any atom is 0.268 e. The van der Waals surface area contributed by atoms with E-state index in [1.807, 2.05) is 4.90 Å². The monoisotopic (exact) mass is 474 g/mol. The van der Waals surface area contributed by atoms with Crippen molar-refractivity contribution >= 4 is 17.5 Å². The number of amides is 2. The fourth-order valence-corrected chi connectivity index (χ4v) is 5.29. The predicted octanol–water partition coefficient (Wildman–Crippen LogP) is 0.168. The molecule has 0 N–H and O–H groups in total. The molecule has 0 radical (unpaired) electrons. The molecule has 3 aliphatic rings. The van der Waals surface area contributed by atoms with Crippen LogP contribution in [0.15, 0.2) is 17.1 Å². The van der Waals surface area contributed by atoms with Gasteiger partial charge < -0.3 is 19.4 Å². The van der Waals surface area contributed by atoms with Crippen molar-refractivity contribution < 1.29 is 14.3 Å². The molecule has 3 aliphatic heterocycles. The average molecular weight is 475 g/mol. The smallest absolute Gasteiger partial charge is 0.268 e. The molecular formula is C24H38N6O4. The van der Waals surface area contributed by atoms with Crippen molar-refractivity contribution in [2.45, 2.75) is 38.6 Å². The fourth-order valence-electron chi connectivity index (χ4n) is 5.29. The van der Waals surface area contributed by atoms with Gasteiger partial charge in [0.1, 0.15) is 0 Å². The summed E-state index contributed by atoms with van der Waals surface area (Å²) in [5.74, 6) is 0.352. The van der Waals surface area contributed by atoms with Crippen molar-refractivity contribution in [3.8, 4) is 0 Å². The molecule has 34 heavy (non-hydrogen) atoms. The summed E-state index contributed by atoms with van der Waals surface area (Å²) >= 11 is 0. The van der Waals surface area contributed by atoms with Crippen LogP contribution in [0.1, 0.15) is 32.6 Å². The van der Waals surface area contributed by atoms with Gasteiger partial charge >= 0.3 is 0 Å². The van der Waals surface area contributed by atoms with E-state index in [1.54, 1.807) is 26.2 Å². The molecule has 0 aromatic carbocycles. The van der Waals surface area contributed by atoms with Gasteiger partial charge in [0.15, 0.2) is 0 Å². The standard InChI is InChI=1S/C24H38N6O4/c1-19(31)28-9-5-21(6-10-28)30(12-11-27-13-15-34-16-14-27)24(33)20-3-7-29(8-4-20)22-17-23(32)26(2)25-18-22/h17-18,20-21H,3-16H2,1-2H3. The summed E-state index contributed by atoms with van der Waals surface area (Å²) in [6, 6.07) is 1.80. The molecule has 3 fully saturated rings. The summed E-state index contributed by atoms with van der Waals surface area (Å²) in [7, 11) is 1.64. The molecule has 1 aromatic heterocycles. The number of carbonyl (C=O) groups is 2. The maximum absolute atomic E-state index is 13.7. The minimum Gasteiger partial charge on any atom is -0.379 e. The van der Waals surface area contributed by atoms with Crippen LogP contribution in [0.5, 0.6) is 0 Å². The Hall–Kier alpha value is -2.46. The van der Waals surface area contributed by atoms with Crippen LogP contribution in [0.2, 0.25) is 0 Å². The molecule has 0 aliphatic carbocycles. The van der Waals surface area contributed by atoms with Crippen LogP contribution in [0.4, 0.5) is 5.69 Å². The fraction of sp³-hybridized carbons (Fsp3) is 0.750. The first-order chi connectivity index (χ1) is 16.4. The molecule has 0 bridgehead atoms. The number of carbonyl (C=O) groups excluding carboxylic acids is 2. The summed E-state index contributed by atoms with van der Waals surface area (Å²) in [6.45, 7) is 9.45. The SMILES string of the molecule is CC(=O)N1CCC(N(CCN2CCOCC2)C(=O)C2CCN(c3cnn(C)c(=O)c3)CC2)CC1. The van der Waals surface area contributed by atoms with E-state index < -0.39 is 0 Å². The van der Waals surface area contributed by atoms with Crippen molar-refractivity contribution in [1.29, 1.82) is 0 Å². The number of anilines is 1. The molecule has 0 spiro atoms. The Morgan fingerprint density at radius 1 is 1.06 bits per heavy atom. The number of nitrogens with zero attached hydrogens (tertiary/aromatic N) is 6. The van der Waals surface area contributed by atoms with Crippen molar-refractivity contribution in [3.05, 3.63) is 22.6 Å². The van der Waals surface area contributed by atoms with Crippen LogP contribution < -0.4 is 10.5 Å². The van der Waals surface area contributed by atoms with Crippen LogP contribution in [0, 0.1) is 5.92 Å². The van der Waals surface area contributed by atoms with Gasteiger partial charge in [0, 0.05) is 84.4 Å². The largest absolute Gasteiger partial charge is 0.379 e. The molecule has 0 unspecified atom stereocenters. The lowest BCUT2D eigenvalue weighted by Crippen LogP contribution is -2.53. The molecule has 2 amide bonds. The van der Waals surface area contributed by atoms with Gasteiger partial charge in [0.05, 0.1) is 25.1 Å². The number of piperidine rings is 2. The number of morpholine rings is 1. The van der Waals surface area contributed by atoms with E-state index >= 15 is 0 Å². The Morgan fingerprint density at radius 3 is 2.35 bits per heavy atom. The highest BCUT2D eigenvalue weighted by Gasteiger charge is 2.34. The molecule has 1 aromatic rings. The van der Waals surface area contributed by atoms with Gasteiger partial charge in [0.25, 0.3) is 5.56 Å². The van der Waals surface area contributed by atoms with Gasteiger partial charge in [-0.15, -0.1) is 0 Å². The van der Waals surface area contributed by atoms with Crippen molar-refractivity contribution in [3.63, 3.8) is 0 Å². The van der Waals surface area contributed by atoms with Gasteiger partial charge in [-0.1, -0.05) is 0 Å². The lowest BCUT2D eigenvalue weighted by Gasteiger charge is -2.42. The Morgan fingerprint density at radius 2 is 1.74 bits per heavy atom. The Kier molecular flexibility index (Phi) is 8.20. The van der Waals surface area contributed by atoms with Crippen LogP contribution >= 0.6 is 0 Å². The number of likely N-dealkylation sites (tertiary alicyclic amines) is 1. The quantitative estimate of drug-likeness (QED) is 0.580. The molecule has 10 heteroatoms. The molecular weight excluding hydrogens is 436 g/mol. The third kappa shape index (κ3) is 5.96. The topological polar surface area (TPSA) is 91.2 Å². The van der Waals surface area contributed by atoms with Crippen LogP contribution in [-0.4, -0.2) is 108 Å². The lowest BCUT2D eigenvalue weighted by atomic mass is 9.93. The first-order valence-corrected chi connectivity index (χ1v) is 12.6. The summed E-state index contributed by atoms with van der Waals surface area (Å²) in [5, 5.41) is 4.13. The number of aromatic nitrogens is 2. The van der Waals surface area contributed by atoms with E-state index in [0.717, 1.165) is 96.9 Å². The second-order valence-electron chi connectivity index (χ2n) is 9.66. The number of hydrogen-bond acceptors (Lipinski definition) is 7. The normalized spacial score (nSPS) is 21.0. The van der Waals surface area contributed by atoms with E-state index in [-0.39, 0.29) is 29.3 Å². The first kappa shape index (κ1) is 24.7. The number of rotatable bonds is 6. The molecule has 10 nitrogen and oxygen atoms in total. The minimum absolute atomic E-state index is 0.00807. The summed E-state index contributed by atoms with van der Waals surface area (Å²) in [6.07, 6.45) is 4.95. The van der Waals surface area contributed by atoms with E-state index in [0.29, 0.717) is 0 Å². The zero-order chi connectivity index (χ0) is 24.1. The molecule has 4 heterocycles. The van der Waals surface area contributed by atoms with Crippen molar-refractivity contribution in [2.75, 3.05) is 70.5 Å². The van der Waals surface area contributed by atoms with Gasteiger partial charge in [-0.25, -0.2) is 4.68 Å². The number of hydrogen-bond donors (Lipinski definition) is 0. The summed E-state index contributed by atoms with van der Waals surface area (Å²) in [4.78, 5) is 46.0. The first-order valence-electron chi connectivity index (χ1n) is 12.6. The van der Waals surface area contributed by atoms with Crippen LogP contribution in [0.25, 0.3) is 0 Å². The highest BCUT2D eigenvalue weighted by atomic mass is 16.5. The molecule has 0 atom stereocenters. The third-order valence-corrected chi connectivity index (χ3v) is 7.56. The lowest BCUT2D eigenvalue weighted by molar-refractivity contribution is -0.140. The Labute approximate surface area is 201 Å². The van der Waals surface area contributed by atoms with Crippen LogP contribution in [0.3, 0.4) is 0 Å². The number of ether oxygens (including phenoxy) is 1. The van der Waals surface area contributed by atoms with Crippen molar-refractivity contribution in [1.82, 2.24) is 24.5 Å². The predicted molar refractivity (Wildman–Crippen MR) is 129 cm³/mol. The second-order valence-corrected chi connectivity index (χ2v) is 9.66. The summed E-state index contributed by atoms with van der Waals surface area (Å²) < 4.78 is 6.79. The molecule has 0 saturated carbocycles. The molecule has 188 valence electrons. The van der Waals surface area contributed by atoms with Gasteiger partial charge in [-0.2, -0.15) is 5.10 Å². The highest BCUT2D eigenvalue weighted by Crippen LogP contribution is 2.26. The van der Waals surface area contributed by atoms with E-state index in [2.05, 4.69) is 19.8 Å². The van der Waals surface area contributed by atoms with Gasteiger partial charge in [-0.3, -0.25) is 19.3 Å². The van der Waals surface area contributed by atoms with Crippen molar-refractivity contribution in [2.24, 2.45) is 13.0 Å². The van der Waals surface area contributed by atoms with Gasteiger partial charge in [0.2, 0.25) is 11.8 Å². The van der Waals surface area contributed by atoms with E-state index in [1.165, 1.54) is 4.68 Å². The van der Waals surface area contributed by atoms with E-state index in [9.17, 15) is 14.4 Å². The average Bonchev–Trinajstić information content (AvgIpc) is 2.87. The van der Waals surface area contributed by atoms with Gasteiger partial charge in [-0.05, 0) is 25.7 Å². The maximum atomic E-state index is 13.7. The Balaban J connectivity index is 1.38. The molecule has 4 rings (SSSR count). The van der Waals surface area contributed by atoms with Crippen LogP contribution in [-0.2, 0) is 21.4 Å². The molecule has 3 saturated heterocycles. The zero-order valence-electron chi connectivity index (χ0n) is 20.5. The zero-order valence-corrected chi connectivity index (χ0v) is 20.5. The minimum atomic E-state index is -0.123. The number of aryl methyl sites for hydroxylation is 1. The third-order valence-electron chi connectivity index (χ3n) is 7.56. The van der Waals surface area contributed by atoms with E-state index in [4.69, 9.17) is 4.74 Å². The second kappa shape index (κ2) is 11.3. The summed E-state index contributed by atoms with van der Waals surface area (Å²) in [5.41, 5.74) is 0.705.